The van der Waals surface area contributed by atoms with Crippen molar-refractivity contribution in [1.29, 1.82) is 0 Å². The number of furan rings is 1. The van der Waals surface area contributed by atoms with E-state index >= 15 is 0 Å². The van der Waals surface area contributed by atoms with Gasteiger partial charge in [-0.3, -0.25) is 0 Å². The minimum atomic E-state index is -0.689. The van der Waals surface area contributed by atoms with Crippen molar-refractivity contribution in [3.8, 4) is 0 Å². The molecule has 1 atom stereocenters. The lowest BCUT2D eigenvalue weighted by molar-refractivity contribution is 0.199. The first-order valence-electron chi connectivity index (χ1n) is 6.57. The highest BCUT2D eigenvalue weighted by atomic mass is 79.9. The number of halogens is 3. The predicted molar refractivity (Wildman–Crippen MR) is 81.2 cm³/mol. The quantitative estimate of drug-likeness (QED) is 0.872. The maximum atomic E-state index is 13.7. The molecule has 0 aliphatic carbocycles. The zero-order chi connectivity index (χ0) is 16.3. The van der Waals surface area contributed by atoms with Crippen LogP contribution in [0.2, 0.25) is 0 Å². The van der Waals surface area contributed by atoms with Crippen LogP contribution in [-0.4, -0.2) is 18.0 Å². The number of urea groups is 1. The molecule has 1 unspecified atom stereocenters. The molecule has 2 aromatic rings. The zero-order valence-corrected chi connectivity index (χ0v) is 13.7. The van der Waals surface area contributed by atoms with Crippen molar-refractivity contribution in [2.24, 2.45) is 0 Å². The van der Waals surface area contributed by atoms with Crippen LogP contribution in [0.5, 0.6) is 0 Å². The first-order chi connectivity index (χ1) is 10.4. The van der Waals surface area contributed by atoms with Gasteiger partial charge >= 0.3 is 6.03 Å². The van der Waals surface area contributed by atoms with Crippen molar-refractivity contribution in [3.63, 3.8) is 0 Å². The normalized spacial score (nSPS) is 12.0. The van der Waals surface area contributed by atoms with Crippen LogP contribution in [0.3, 0.4) is 0 Å². The summed E-state index contributed by atoms with van der Waals surface area (Å²) < 4.78 is 32.5. The Bertz CT molecular complexity index is 675. The Morgan fingerprint density at radius 3 is 2.68 bits per heavy atom. The van der Waals surface area contributed by atoms with E-state index in [1.165, 1.54) is 11.0 Å². The van der Waals surface area contributed by atoms with Crippen LogP contribution in [0.1, 0.15) is 24.3 Å². The maximum absolute atomic E-state index is 13.7. The smallest absolute Gasteiger partial charge is 0.318 e. The van der Waals surface area contributed by atoms with Gasteiger partial charge in [-0.25, -0.2) is 13.6 Å². The Kier molecular flexibility index (Phi) is 5.18. The number of rotatable bonds is 4. The van der Waals surface area contributed by atoms with Gasteiger partial charge in [-0.2, -0.15) is 0 Å². The number of amides is 2. The fraction of sp³-hybridized carbons (Fsp3) is 0.267. The second kappa shape index (κ2) is 6.91. The molecule has 0 aliphatic rings. The number of carbonyl (C=O) groups excluding carboxylic acids is 1. The van der Waals surface area contributed by atoms with Gasteiger partial charge in [0.15, 0.2) is 4.67 Å². The van der Waals surface area contributed by atoms with Crippen LogP contribution in [0, 0.1) is 11.6 Å². The van der Waals surface area contributed by atoms with Gasteiger partial charge in [0, 0.05) is 18.7 Å². The highest BCUT2D eigenvalue weighted by Crippen LogP contribution is 2.19. The van der Waals surface area contributed by atoms with Gasteiger partial charge < -0.3 is 14.6 Å². The maximum Gasteiger partial charge on any atom is 0.318 e. The van der Waals surface area contributed by atoms with Crippen LogP contribution in [0.4, 0.5) is 13.6 Å². The van der Waals surface area contributed by atoms with Crippen LogP contribution in [-0.2, 0) is 6.54 Å². The van der Waals surface area contributed by atoms with E-state index < -0.39 is 17.7 Å². The average molecular weight is 373 g/mol. The molecule has 0 bridgehead atoms. The number of carbonyl (C=O) groups is 1. The van der Waals surface area contributed by atoms with Gasteiger partial charge in [-0.05, 0) is 41.1 Å². The third-order valence-corrected chi connectivity index (χ3v) is 3.56. The molecule has 22 heavy (non-hydrogen) atoms. The molecule has 118 valence electrons. The van der Waals surface area contributed by atoms with Gasteiger partial charge in [-0.15, -0.1) is 0 Å². The number of nitrogens with zero attached hydrogens (tertiary/aromatic N) is 1. The number of nitrogens with one attached hydrogen (secondary N) is 1. The first-order valence-corrected chi connectivity index (χ1v) is 7.37. The van der Waals surface area contributed by atoms with Crippen molar-refractivity contribution >= 4 is 22.0 Å². The Labute approximate surface area is 135 Å². The third-order valence-electron chi connectivity index (χ3n) is 3.14. The molecule has 1 N–H and O–H groups in total. The standard InChI is InChI=1S/C15H15BrF2N2O2/c1-9(12-5-3-10(17)7-13(12)18)19-15(21)20(2)8-11-4-6-14(16)22-11/h3-7,9H,8H2,1-2H3,(H,19,21). The fourth-order valence-electron chi connectivity index (χ4n) is 1.97. The minimum absolute atomic E-state index is 0.226. The lowest BCUT2D eigenvalue weighted by Crippen LogP contribution is -2.38. The summed E-state index contributed by atoms with van der Waals surface area (Å²) in [5.41, 5.74) is 0.226. The van der Waals surface area contributed by atoms with Gasteiger partial charge in [0.05, 0.1) is 12.6 Å². The summed E-state index contributed by atoms with van der Waals surface area (Å²) in [6, 6.07) is 5.78. The molecule has 1 aromatic carbocycles. The monoisotopic (exact) mass is 372 g/mol. The van der Waals surface area contributed by atoms with Gasteiger partial charge in [-0.1, -0.05) is 6.07 Å². The molecule has 0 saturated carbocycles. The van der Waals surface area contributed by atoms with E-state index in [1.54, 1.807) is 26.1 Å². The molecule has 2 amide bonds. The van der Waals surface area contributed by atoms with Crippen LogP contribution in [0.15, 0.2) is 39.4 Å². The fourth-order valence-corrected chi connectivity index (χ4v) is 2.31. The molecule has 0 radical (unpaired) electrons. The second-order valence-electron chi connectivity index (χ2n) is 4.90. The summed E-state index contributed by atoms with van der Waals surface area (Å²) >= 11 is 3.19. The molecule has 4 nitrogen and oxygen atoms in total. The largest absolute Gasteiger partial charge is 0.452 e. The first kappa shape index (κ1) is 16.5. The molecule has 0 aliphatic heterocycles. The number of hydrogen-bond acceptors (Lipinski definition) is 2. The molecular formula is C15H15BrF2N2O2. The van der Waals surface area contributed by atoms with E-state index in [9.17, 15) is 13.6 Å². The second-order valence-corrected chi connectivity index (χ2v) is 5.68. The SMILES string of the molecule is CC(NC(=O)N(C)Cc1ccc(Br)o1)c1ccc(F)cc1F. The van der Waals surface area contributed by atoms with Crippen molar-refractivity contribution in [2.45, 2.75) is 19.5 Å². The van der Waals surface area contributed by atoms with Gasteiger partial charge in [0.2, 0.25) is 0 Å². The van der Waals surface area contributed by atoms with Gasteiger partial charge in [0.25, 0.3) is 0 Å². The van der Waals surface area contributed by atoms with E-state index in [-0.39, 0.29) is 18.1 Å². The lowest BCUT2D eigenvalue weighted by Gasteiger charge is -2.21. The van der Waals surface area contributed by atoms with Crippen LogP contribution < -0.4 is 5.32 Å². The molecule has 1 aromatic heterocycles. The molecule has 2 rings (SSSR count). The number of hydrogen-bond donors (Lipinski definition) is 1. The van der Waals surface area contributed by atoms with Crippen molar-refractivity contribution < 1.29 is 18.0 Å². The Morgan fingerprint density at radius 2 is 2.09 bits per heavy atom. The van der Waals surface area contributed by atoms with Crippen LogP contribution in [0.25, 0.3) is 0 Å². The third kappa shape index (κ3) is 4.07. The summed E-state index contributed by atoms with van der Waals surface area (Å²) in [6.07, 6.45) is 0. The summed E-state index contributed by atoms with van der Waals surface area (Å²) in [5.74, 6) is -0.726. The van der Waals surface area contributed by atoms with E-state index in [4.69, 9.17) is 4.42 Å². The van der Waals surface area contributed by atoms with Crippen LogP contribution >= 0.6 is 15.9 Å². The van der Waals surface area contributed by atoms with Gasteiger partial charge in [0.1, 0.15) is 17.4 Å². The summed E-state index contributed by atoms with van der Waals surface area (Å²) in [4.78, 5) is 13.5. The Hall–Kier alpha value is -1.89. The average Bonchev–Trinajstić information content (AvgIpc) is 2.83. The summed E-state index contributed by atoms with van der Waals surface area (Å²) in [5, 5.41) is 2.65. The molecular weight excluding hydrogens is 358 g/mol. The summed E-state index contributed by atoms with van der Waals surface area (Å²) in [6.45, 7) is 1.90. The minimum Gasteiger partial charge on any atom is -0.452 e. The predicted octanol–water partition coefficient (Wildman–Crippen LogP) is 4.22. The molecule has 0 saturated heterocycles. The van der Waals surface area contributed by atoms with Crippen molar-refractivity contribution in [1.82, 2.24) is 10.2 Å². The number of benzene rings is 1. The molecule has 7 heteroatoms. The van der Waals surface area contributed by atoms with Crippen molar-refractivity contribution in [2.75, 3.05) is 7.05 Å². The summed E-state index contributed by atoms with van der Waals surface area (Å²) in [7, 11) is 1.60. The zero-order valence-electron chi connectivity index (χ0n) is 12.1. The Balaban J connectivity index is 1.98. The highest BCUT2D eigenvalue weighted by Gasteiger charge is 2.17. The topological polar surface area (TPSA) is 45.5 Å². The molecule has 1 heterocycles. The highest BCUT2D eigenvalue weighted by molar-refractivity contribution is 9.10. The van der Waals surface area contributed by atoms with E-state index in [0.29, 0.717) is 10.4 Å². The van der Waals surface area contributed by atoms with E-state index in [1.807, 2.05) is 0 Å². The van der Waals surface area contributed by atoms with E-state index in [0.717, 1.165) is 12.1 Å². The molecule has 0 spiro atoms. The van der Waals surface area contributed by atoms with E-state index in [2.05, 4.69) is 21.2 Å². The lowest BCUT2D eigenvalue weighted by atomic mass is 10.1. The molecule has 0 fully saturated rings. The van der Waals surface area contributed by atoms with Crippen molar-refractivity contribution in [3.05, 3.63) is 58.0 Å². The Morgan fingerprint density at radius 1 is 1.36 bits per heavy atom.